The van der Waals surface area contributed by atoms with Crippen LogP contribution in [-0.4, -0.2) is 32.4 Å². The number of rotatable bonds is 8. The fraction of sp³-hybridized carbons (Fsp3) is 0.241. The Morgan fingerprint density at radius 1 is 0.952 bits per heavy atom. The van der Waals surface area contributed by atoms with Crippen LogP contribution in [0.5, 0.6) is 0 Å². The Kier molecular flexibility index (Phi) is 8.92. The van der Waals surface area contributed by atoms with Gasteiger partial charge in [0.05, 0.1) is 18.8 Å². The third-order valence-corrected chi connectivity index (χ3v) is 7.86. The zero-order valence-electron chi connectivity index (χ0n) is 22.0. The summed E-state index contributed by atoms with van der Waals surface area (Å²) in [4.78, 5) is 16.7. The number of aliphatic hydroxyl groups excluding tert-OH is 1. The van der Waals surface area contributed by atoms with Crippen LogP contribution in [0, 0.1) is 29.1 Å². The van der Waals surface area contributed by atoms with E-state index in [1.165, 1.54) is 23.9 Å². The highest BCUT2D eigenvalue weighted by Crippen LogP contribution is 2.39. The van der Waals surface area contributed by atoms with E-state index in [-0.39, 0.29) is 24.5 Å². The van der Waals surface area contributed by atoms with E-state index in [4.69, 9.17) is 9.47 Å². The summed E-state index contributed by atoms with van der Waals surface area (Å²) in [6.45, 7) is -0.0896. The Morgan fingerprint density at radius 2 is 1.57 bits per heavy atom. The largest absolute Gasteiger partial charge is 0.392 e. The van der Waals surface area contributed by atoms with Gasteiger partial charge in [0.1, 0.15) is 5.56 Å². The van der Waals surface area contributed by atoms with Crippen LogP contribution in [0.15, 0.2) is 66.1 Å². The predicted molar refractivity (Wildman–Crippen MR) is 143 cm³/mol. The SMILES string of the molecule is Cn1ccnc1SC[C@H]1C[C@@H](c2ccc(CO)cc2)O[C@@H](c2ccc(NC(=O)c3c(F)c(F)c(F)c(F)c3F)cc2)O1. The van der Waals surface area contributed by atoms with Gasteiger partial charge >= 0.3 is 0 Å². The van der Waals surface area contributed by atoms with E-state index in [9.17, 15) is 31.9 Å². The minimum Gasteiger partial charge on any atom is -0.392 e. The molecule has 2 N–H and O–H groups in total. The fourth-order valence-corrected chi connectivity index (χ4v) is 5.35. The first kappa shape index (κ1) is 29.7. The Labute approximate surface area is 241 Å². The molecule has 0 radical (unpaired) electrons. The highest BCUT2D eigenvalue weighted by Gasteiger charge is 2.33. The van der Waals surface area contributed by atoms with Gasteiger partial charge in [-0.25, -0.2) is 26.9 Å². The van der Waals surface area contributed by atoms with Crippen molar-refractivity contribution in [2.45, 2.75) is 36.7 Å². The molecule has 1 aliphatic heterocycles. The molecule has 3 aromatic carbocycles. The fourth-order valence-electron chi connectivity index (χ4n) is 4.40. The van der Waals surface area contributed by atoms with Crippen molar-refractivity contribution >= 4 is 23.4 Å². The van der Waals surface area contributed by atoms with E-state index >= 15 is 0 Å². The van der Waals surface area contributed by atoms with Gasteiger partial charge in [0.15, 0.2) is 34.7 Å². The number of carbonyl (C=O) groups excluding carboxylic acids is 1. The number of aliphatic hydroxyl groups is 1. The van der Waals surface area contributed by atoms with Gasteiger partial charge in [-0.05, 0) is 23.3 Å². The number of thioether (sulfide) groups is 1. The quantitative estimate of drug-likeness (QED) is 0.108. The second-order valence-electron chi connectivity index (χ2n) is 9.50. The van der Waals surface area contributed by atoms with Crippen LogP contribution in [-0.2, 0) is 23.1 Å². The summed E-state index contributed by atoms with van der Waals surface area (Å²) in [6, 6.07) is 13.3. The molecule has 5 rings (SSSR count). The minimum atomic E-state index is -2.35. The van der Waals surface area contributed by atoms with Gasteiger partial charge in [0.25, 0.3) is 5.91 Å². The molecule has 7 nitrogen and oxygen atoms in total. The number of halogens is 5. The number of anilines is 1. The number of aryl methyl sites for hydroxylation is 1. The van der Waals surface area contributed by atoms with Crippen molar-refractivity contribution in [1.29, 1.82) is 0 Å². The third-order valence-electron chi connectivity index (χ3n) is 6.67. The Balaban J connectivity index is 1.34. The zero-order valence-corrected chi connectivity index (χ0v) is 22.8. The number of benzene rings is 3. The zero-order chi connectivity index (χ0) is 30.0. The summed E-state index contributed by atoms with van der Waals surface area (Å²) in [7, 11) is 1.89. The van der Waals surface area contributed by atoms with Gasteiger partial charge in [-0.2, -0.15) is 0 Å². The van der Waals surface area contributed by atoms with Crippen LogP contribution in [0.3, 0.4) is 0 Å². The molecule has 4 aromatic rings. The second kappa shape index (κ2) is 12.6. The van der Waals surface area contributed by atoms with Crippen LogP contribution < -0.4 is 5.32 Å². The van der Waals surface area contributed by atoms with Crippen molar-refractivity contribution in [3.63, 3.8) is 0 Å². The lowest BCUT2D eigenvalue weighted by Gasteiger charge is -2.36. The second-order valence-corrected chi connectivity index (χ2v) is 10.5. The van der Waals surface area contributed by atoms with Gasteiger partial charge in [0.2, 0.25) is 5.82 Å². The number of aromatic nitrogens is 2. The van der Waals surface area contributed by atoms with Crippen LogP contribution >= 0.6 is 11.8 Å². The lowest BCUT2D eigenvalue weighted by atomic mass is 10.0. The molecule has 0 unspecified atom stereocenters. The van der Waals surface area contributed by atoms with Crippen molar-refractivity contribution in [2.75, 3.05) is 11.1 Å². The minimum absolute atomic E-state index is 0.0431. The van der Waals surface area contributed by atoms with E-state index in [0.717, 1.165) is 16.3 Å². The molecule has 42 heavy (non-hydrogen) atoms. The number of carbonyl (C=O) groups is 1. The molecule has 1 aromatic heterocycles. The molecule has 0 bridgehead atoms. The molecule has 0 aliphatic carbocycles. The van der Waals surface area contributed by atoms with Crippen LogP contribution in [0.1, 0.15) is 45.9 Å². The molecular formula is C29H24F5N3O4S. The topological polar surface area (TPSA) is 85.6 Å². The van der Waals surface area contributed by atoms with Gasteiger partial charge in [-0.15, -0.1) is 0 Å². The summed E-state index contributed by atoms with van der Waals surface area (Å²) in [5.41, 5.74) is 0.666. The van der Waals surface area contributed by atoms with E-state index in [1.54, 1.807) is 18.3 Å². The highest BCUT2D eigenvalue weighted by molar-refractivity contribution is 7.99. The maximum Gasteiger partial charge on any atom is 0.261 e. The summed E-state index contributed by atoms with van der Waals surface area (Å²) >= 11 is 1.53. The standard InChI is InChI=1S/C29H24F5N3O4S/c1-37-11-10-35-29(37)42-14-19-12-20(16-4-2-15(13-38)3-5-16)41-28(40-19)17-6-8-18(9-7-17)36-27(39)21-22(30)24(32)26(34)25(33)23(21)31/h2-11,19-20,28,38H,12-14H2,1H3,(H,36,39)/t19-,20+,28+/m1/s1. The maximum absolute atomic E-state index is 14.1. The predicted octanol–water partition coefficient (Wildman–Crippen LogP) is 6.20. The molecule has 1 aliphatic rings. The molecule has 1 fully saturated rings. The number of amides is 1. The smallest absolute Gasteiger partial charge is 0.261 e. The number of hydrogen-bond acceptors (Lipinski definition) is 6. The highest BCUT2D eigenvalue weighted by atomic mass is 32.2. The van der Waals surface area contributed by atoms with E-state index < -0.39 is 46.8 Å². The Hall–Kier alpha value is -3.78. The molecule has 3 atom stereocenters. The first-order chi connectivity index (χ1) is 20.2. The van der Waals surface area contributed by atoms with E-state index in [2.05, 4.69) is 10.3 Å². The van der Waals surface area contributed by atoms with Crippen molar-refractivity contribution in [2.24, 2.45) is 7.05 Å². The summed E-state index contributed by atoms with van der Waals surface area (Å²) in [6.07, 6.45) is 2.66. The van der Waals surface area contributed by atoms with Crippen LogP contribution in [0.2, 0.25) is 0 Å². The van der Waals surface area contributed by atoms with E-state index in [1.807, 2.05) is 42.1 Å². The van der Waals surface area contributed by atoms with Crippen molar-refractivity contribution in [1.82, 2.24) is 9.55 Å². The number of nitrogens with zero attached hydrogens (tertiary/aromatic N) is 2. The van der Waals surface area contributed by atoms with Crippen molar-refractivity contribution in [3.8, 4) is 0 Å². The lowest BCUT2D eigenvalue weighted by molar-refractivity contribution is -0.245. The number of hydrogen-bond donors (Lipinski definition) is 2. The van der Waals surface area contributed by atoms with Crippen LogP contribution in [0.4, 0.5) is 27.6 Å². The molecule has 0 saturated carbocycles. The average Bonchev–Trinajstić information content (AvgIpc) is 3.42. The molecule has 2 heterocycles. The van der Waals surface area contributed by atoms with Gasteiger partial charge in [-0.1, -0.05) is 48.2 Å². The van der Waals surface area contributed by atoms with Crippen molar-refractivity contribution < 1.29 is 41.3 Å². The van der Waals surface area contributed by atoms with Gasteiger partial charge in [-0.3, -0.25) is 4.79 Å². The van der Waals surface area contributed by atoms with Crippen molar-refractivity contribution in [3.05, 3.63) is 112 Å². The number of nitrogens with one attached hydrogen (secondary N) is 1. The summed E-state index contributed by atoms with van der Waals surface area (Å²) in [5, 5.41) is 12.4. The normalized spacial score (nSPS) is 18.7. The molecular weight excluding hydrogens is 581 g/mol. The lowest BCUT2D eigenvalue weighted by Crippen LogP contribution is -2.31. The van der Waals surface area contributed by atoms with Gasteiger partial charge < -0.3 is 24.5 Å². The summed E-state index contributed by atoms with van der Waals surface area (Å²) < 4.78 is 83.0. The monoisotopic (exact) mass is 605 g/mol. The molecule has 0 spiro atoms. The van der Waals surface area contributed by atoms with Crippen LogP contribution in [0.25, 0.3) is 0 Å². The summed E-state index contributed by atoms with van der Waals surface area (Å²) in [5.74, 6) is -12.1. The molecule has 1 saturated heterocycles. The number of ether oxygens (including phenoxy) is 2. The Bertz CT molecular complexity index is 1550. The Morgan fingerprint density at radius 3 is 2.17 bits per heavy atom. The van der Waals surface area contributed by atoms with E-state index in [0.29, 0.717) is 17.7 Å². The third kappa shape index (κ3) is 6.19. The first-order valence-electron chi connectivity index (χ1n) is 12.7. The molecule has 1 amide bonds. The average molecular weight is 606 g/mol. The first-order valence-corrected chi connectivity index (χ1v) is 13.7. The number of imidazole rings is 1. The van der Waals surface area contributed by atoms with Gasteiger partial charge in [0, 0.05) is 42.9 Å². The molecule has 220 valence electrons. The molecule has 13 heteroatoms. The maximum atomic E-state index is 14.1.